The van der Waals surface area contributed by atoms with Gasteiger partial charge in [-0.15, -0.1) is 0 Å². The number of nitrogens with zero attached hydrogens (tertiary/aromatic N) is 1. The highest BCUT2D eigenvalue weighted by atomic mass is 16.4. The molecule has 5 nitrogen and oxygen atoms in total. The van der Waals surface area contributed by atoms with Crippen LogP contribution in [-0.2, 0) is 4.79 Å². The van der Waals surface area contributed by atoms with Crippen LogP contribution < -0.4 is 0 Å². The molecule has 0 aliphatic carbocycles. The van der Waals surface area contributed by atoms with Crippen LogP contribution in [0.2, 0.25) is 0 Å². The monoisotopic (exact) mass is 217 g/mol. The first-order valence-corrected chi connectivity index (χ1v) is 5.40. The van der Waals surface area contributed by atoms with Gasteiger partial charge in [-0.25, -0.2) is 0 Å². The Labute approximate surface area is 89.3 Å². The van der Waals surface area contributed by atoms with Crippen LogP contribution >= 0.6 is 0 Å². The Hall–Kier alpha value is -0.650. The fourth-order valence-electron chi connectivity index (χ4n) is 1.82. The molecule has 1 aliphatic rings. The molecule has 88 valence electrons. The van der Waals surface area contributed by atoms with Gasteiger partial charge in [0.05, 0.1) is 12.2 Å². The molecule has 0 spiro atoms. The van der Waals surface area contributed by atoms with Crippen LogP contribution in [0, 0.1) is 0 Å². The van der Waals surface area contributed by atoms with Crippen LogP contribution in [-0.4, -0.2) is 58.0 Å². The van der Waals surface area contributed by atoms with Crippen molar-refractivity contribution in [2.45, 2.75) is 37.9 Å². The van der Waals surface area contributed by atoms with Gasteiger partial charge in [-0.1, -0.05) is 6.42 Å². The van der Waals surface area contributed by atoms with Crippen molar-refractivity contribution in [3.05, 3.63) is 0 Å². The topological polar surface area (TPSA) is 81.0 Å². The number of aliphatic hydroxyl groups excluding tert-OH is 2. The summed E-state index contributed by atoms with van der Waals surface area (Å²) in [6, 6.07) is 0. The molecular formula is C10H19NO4. The molecule has 0 bridgehead atoms. The summed E-state index contributed by atoms with van der Waals surface area (Å²) in [6.07, 6.45) is 1.49. The van der Waals surface area contributed by atoms with E-state index in [1.54, 1.807) is 0 Å². The lowest BCUT2D eigenvalue weighted by Gasteiger charge is -2.13. The second-order valence-corrected chi connectivity index (χ2v) is 4.10. The van der Waals surface area contributed by atoms with Gasteiger partial charge in [-0.05, 0) is 19.4 Å². The van der Waals surface area contributed by atoms with Gasteiger partial charge in [0.2, 0.25) is 0 Å². The van der Waals surface area contributed by atoms with E-state index < -0.39 is 18.2 Å². The van der Waals surface area contributed by atoms with Gasteiger partial charge in [0.15, 0.2) is 0 Å². The second kappa shape index (κ2) is 6.05. The fourth-order valence-corrected chi connectivity index (χ4v) is 1.82. The van der Waals surface area contributed by atoms with E-state index in [0.29, 0.717) is 19.5 Å². The largest absolute Gasteiger partial charge is 0.481 e. The van der Waals surface area contributed by atoms with E-state index in [9.17, 15) is 15.0 Å². The number of carboxylic acids is 1. The average Bonchev–Trinajstić information content (AvgIpc) is 2.45. The molecule has 0 amide bonds. The third kappa shape index (κ3) is 4.59. The molecule has 0 aromatic heterocycles. The third-order valence-corrected chi connectivity index (χ3v) is 2.70. The first-order valence-electron chi connectivity index (χ1n) is 5.40. The molecule has 1 rings (SSSR count). The van der Waals surface area contributed by atoms with Crippen molar-refractivity contribution < 1.29 is 20.1 Å². The molecule has 3 N–H and O–H groups in total. The molecule has 2 unspecified atom stereocenters. The molecule has 1 aliphatic heterocycles. The van der Waals surface area contributed by atoms with Crippen molar-refractivity contribution in [1.82, 2.24) is 4.90 Å². The van der Waals surface area contributed by atoms with Crippen molar-refractivity contribution in [3.63, 3.8) is 0 Å². The number of rotatable bonds is 6. The summed E-state index contributed by atoms with van der Waals surface area (Å²) in [4.78, 5) is 12.2. The molecule has 0 aromatic carbocycles. The number of carbonyl (C=O) groups is 1. The minimum atomic E-state index is -0.748. The van der Waals surface area contributed by atoms with Crippen LogP contribution in [0.15, 0.2) is 0 Å². The van der Waals surface area contributed by atoms with E-state index in [2.05, 4.69) is 0 Å². The van der Waals surface area contributed by atoms with Gasteiger partial charge >= 0.3 is 5.97 Å². The molecular weight excluding hydrogens is 198 g/mol. The molecule has 0 aromatic rings. The molecule has 5 heteroatoms. The first-order chi connectivity index (χ1) is 7.09. The number of aliphatic carboxylic acids is 1. The smallest absolute Gasteiger partial charge is 0.303 e. The zero-order chi connectivity index (χ0) is 11.3. The van der Waals surface area contributed by atoms with Gasteiger partial charge in [0, 0.05) is 19.5 Å². The minimum absolute atomic E-state index is 0.227. The van der Waals surface area contributed by atoms with E-state index in [1.165, 1.54) is 0 Å². The van der Waals surface area contributed by atoms with Gasteiger partial charge in [-0.2, -0.15) is 0 Å². The fraction of sp³-hybridized carbons (Fsp3) is 0.900. The summed E-state index contributed by atoms with van der Waals surface area (Å²) in [5, 5.41) is 27.0. The molecule has 2 atom stereocenters. The summed E-state index contributed by atoms with van der Waals surface area (Å²) < 4.78 is 0. The van der Waals surface area contributed by atoms with Gasteiger partial charge in [-0.3, -0.25) is 9.69 Å². The van der Waals surface area contributed by atoms with Crippen LogP contribution in [0.3, 0.4) is 0 Å². The number of aliphatic hydroxyl groups is 2. The number of hydrogen-bond donors (Lipinski definition) is 3. The summed E-state index contributed by atoms with van der Waals surface area (Å²) in [5.74, 6) is -0.748. The van der Waals surface area contributed by atoms with Gasteiger partial charge in [0.1, 0.15) is 0 Å². The Morgan fingerprint density at radius 1 is 1.13 bits per heavy atom. The van der Waals surface area contributed by atoms with Crippen LogP contribution in [0.1, 0.15) is 25.7 Å². The molecule has 15 heavy (non-hydrogen) atoms. The van der Waals surface area contributed by atoms with E-state index in [-0.39, 0.29) is 6.42 Å². The Balaban J connectivity index is 1.99. The van der Waals surface area contributed by atoms with E-state index >= 15 is 0 Å². The van der Waals surface area contributed by atoms with Crippen LogP contribution in [0.5, 0.6) is 0 Å². The highest BCUT2D eigenvalue weighted by Crippen LogP contribution is 2.11. The normalized spacial score (nSPS) is 27.1. The standard InChI is InChI=1S/C10H19NO4/c12-8-6-11(7-9(8)13)5-3-1-2-4-10(14)15/h8-9,12-13H,1-7H2,(H,14,15). The van der Waals surface area contributed by atoms with E-state index in [4.69, 9.17) is 5.11 Å². The summed E-state index contributed by atoms with van der Waals surface area (Å²) in [7, 11) is 0. The number of likely N-dealkylation sites (tertiary alicyclic amines) is 1. The van der Waals surface area contributed by atoms with Crippen molar-refractivity contribution in [2.24, 2.45) is 0 Å². The van der Waals surface area contributed by atoms with Gasteiger partial charge in [0.25, 0.3) is 0 Å². The van der Waals surface area contributed by atoms with Crippen molar-refractivity contribution in [1.29, 1.82) is 0 Å². The third-order valence-electron chi connectivity index (χ3n) is 2.70. The SMILES string of the molecule is O=C(O)CCCCCN1CC(O)C(O)C1. The molecule has 1 fully saturated rings. The zero-order valence-electron chi connectivity index (χ0n) is 8.80. The van der Waals surface area contributed by atoms with Crippen LogP contribution in [0.4, 0.5) is 0 Å². The number of β-amino-alcohol motifs (C(OH)–C–C–N with tert-alkyl or cyclic N) is 2. The number of carboxylic acid groups (broad SMARTS) is 1. The lowest BCUT2D eigenvalue weighted by atomic mass is 10.2. The minimum Gasteiger partial charge on any atom is -0.481 e. The lowest BCUT2D eigenvalue weighted by Crippen LogP contribution is -2.23. The number of unbranched alkanes of at least 4 members (excludes halogenated alkanes) is 2. The Morgan fingerprint density at radius 2 is 1.73 bits per heavy atom. The van der Waals surface area contributed by atoms with Crippen molar-refractivity contribution in [2.75, 3.05) is 19.6 Å². The summed E-state index contributed by atoms with van der Waals surface area (Å²) in [6.45, 7) is 1.88. The highest BCUT2D eigenvalue weighted by Gasteiger charge is 2.28. The number of hydrogen-bond acceptors (Lipinski definition) is 4. The van der Waals surface area contributed by atoms with Crippen molar-refractivity contribution >= 4 is 5.97 Å². The Morgan fingerprint density at radius 3 is 2.27 bits per heavy atom. The average molecular weight is 217 g/mol. The maximum Gasteiger partial charge on any atom is 0.303 e. The molecule has 0 radical (unpaired) electrons. The predicted octanol–water partition coefficient (Wildman–Crippen LogP) is -0.331. The van der Waals surface area contributed by atoms with E-state index in [1.807, 2.05) is 4.90 Å². The molecule has 0 saturated carbocycles. The Kier molecular flexibility index (Phi) is 5.01. The lowest BCUT2D eigenvalue weighted by molar-refractivity contribution is -0.137. The maximum absolute atomic E-state index is 10.2. The second-order valence-electron chi connectivity index (χ2n) is 4.10. The first kappa shape index (κ1) is 12.4. The Bertz CT molecular complexity index is 200. The van der Waals surface area contributed by atoms with Crippen molar-refractivity contribution in [3.8, 4) is 0 Å². The highest BCUT2D eigenvalue weighted by molar-refractivity contribution is 5.66. The quantitative estimate of drug-likeness (QED) is 0.531. The molecule has 1 heterocycles. The summed E-state index contributed by atoms with van der Waals surface area (Å²) >= 11 is 0. The van der Waals surface area contributed by atoms with Gasteiger partial charge < -0.3 is 15.3 Å². The zero-order valence-corrected chi connectivity index (χ0v) is 8.80. The summed E-state index contributed by atoms with van der Waals surface area (Å²) in [5.41, 5.74) is 0. The molecule has 1 saturated heterocycles. The van der Waals surface area contributed by atoms with E-state index in [0.717, 1.165) is 19.4 Å². The predicted molar refractivity (Wildman–Crippen MR) is 54.6 cm³/mol. The van der Waals surface area contributed by atoms with Crippen LogP contribution in [0.25, 0.3) is 0 Å². The maximum atomic E-state index is 10.2.